The van der Waals surface area contributed by atoms with Crippen molar-refractivity contribution in [3.05, 3.63) is 0 Å². The van der Waals surface area contributed by atoms with E-state index in [4.69, 9.17) is 5.73 Å². The van der Waals surface area contributed by atoms with Crippen LogP contribution in [0.1, 0.15) is 12.8 Å². The Morgan fingerprint density at radius 1 is 1.31 bits per heavy atom. The number of piperazine rings is 1. The molecule has 2 aliphatic heterocycles. The van der Waals surface area contributed by atoms with Gasteiger partial charge < -0.3 is 10.6 Å². The lowest BCUT2D eigenvalue weighted by molar-refractivity contribution is -0.133. The Morgan fingerprint density at radius 2 is 2.06 bits per heavy atom. The van der Waals surface area contributed by atoms with Crippen LogP contribution in [0.4, 0.5) is 0 Å². The van der Waals surface area contributed by atoms with E-state index in [1.54, 1.807) is 0 Å². The van der Waals surface area contributed by atoms with Crippen molar-refractivity contribution < 1.29 is 4.79 Å². The van der Waals surface area contributed by atoms with Crippen LogP contribution < -0.4 is 5.73 Å². The van der Waals surface area contributed by atoms with Gasteiger partial charge in [0, 0.05) is 50.9 Å². The van der Waals surface area contributed by atoms with Crippen LogP contribution in [-0.2, 0) is 4.79 Å². The standard InChI is InChI=1S/C11H21N3OS/c12-3-1-11(15)14-6-4-13(5-7-14)10-2-8-16-9-10/h10H,1-9,12H2/t10-/m1/s1. The molecule has 16 heavy (non-hydrogen) atoms. The molecule has 0 aliphatic carbocycles. The lowest BCUT2D eigenvalue weighted by Crippen LogP contribution is -2.52. The fourth-order valence-corrected chi connectivity index (χ4v) is 3.68. The summed E-state index contributed by atoms with van der Waals surface area (Å²) in [6, 6.07) is 0.761. The van der Waals surface area contributed by atoms with E-state index in [2.05, 4.69) is 16.7 Å². The molecule has 0 aromatic heterocycles. The second-order valence-electron chi connectivity index (χ2n) is 4.47. The number of hydrogen-bond acceptors (Lipinski definition) is 4. The summed E-state index contributed by atoms with van der Waals surface area (Å²) in [5, 5.41) is 0. The van der Waals surface area contributed by atoms with Crippen LogP contribution in [0.2, 0.25) is 0 Å². The summed E-state index contributed by atoms with van der Waals surface area (Å²) in [5.41, 5.74) is 5.40. The van der Waals surface area contributed by atoms with Gasteiger partial charge in [-0.3, -0.25) is 9.69 Å². The van der Waals surface area contributed by atoms with Crippen molar-refractivity contribution in [2.24, 2.45) is 5.73 Å². The predicted octanol–water partition coefficient (Wildman–Crippen LogP) is -0.0151. The highest BCUT2D eigenvalue weighted by Crippen LogP contribution is 2.23. The van der Waals surface area contributed by atoms with Crippen LogP contribution in [0.5, 0.6) is 0 Å². The Balaban J connectivity index is 1.75. The first-order valence-corrected chi connectivity index (χ1v) is 7.26. The Hall–Kier alpha value is -0.260. The van der Waals surface area contributed by atoms with Crippen LogP contribution in [0.25, 0.3) is 0 Å². The third-order valence-corrected chi connectivity index (χ3v) is 4.59. The van der Waals surface area contributed by atoms with Crippen molar-refractivity contribution in [1.82, 2.24) is 9.80 Å². The molecule has 0 unspecified atom stereocenters. The maximum Gasteiger partial charge on any atom is 0.223 e. The SMILES string of the molecule is NCCC(=O)N1CCN([C@@H]2CCSC2)CC1. The Labute approximate surface area is 102 Å². The Bertz CT molecular complexity index is 235. The number of nitrogens with two attached hydrogens (primary N) is 1. The number of nitrogens with zero attached hydrogens (tertiary/aromatic N) is 2. The van der Waals surface area contributed by atoms with Gasteiger partial charge in [0.2, 0.25) is 5.91 Å². The second kappa shape index (κ2) is 5.89. The summed E-state index contributed by atoms with van der Waals surface area (Å²) in [7, 11) is 0. The number of thioether (sulfide) groups is 1. The zero-order chi connectivity index (χ0) is 11.4. The van der Waals surface area contributed by atoms with Gasteiger partial charge in [-0.25, -0.2) is 0 Å². The molecule has 2 heterocycles. The largest absolute Gasteiger partial charge is 0.340 e. The van der Waals surface area contributed by atoms with E-state index in [0.717, 1.165) is 32.2 Å². The molecule has 0 aromatic rings. The molecule has 2 aliphatic rings. The van der Waals surface area contributed by atoms with E-state index in [1.165, 1.54) is 17.9 Å². The minimum atomic E-state index is 0.225. The number of amides is 1. The molecule has 2 saturated heterocycles. The van der Waals surface area contributed by atoms with E-state index >= 15 is 0 Å². The maximum atomic E-state index is 11.6. The predicted molar refractivity (Wildman–Crippen MR) is 67.6 cm³/mol. The van der Waals surface area contributed by atoms with Gasteiger partial charge in [0.05, 0.1) is 0 Å². The van der Waals surface area contributed by atoms with E-state index in [1.807, 2.05) is 4.90 Å². The molecule has 0 aromatic carbocycles. The summed E-state index contributed by atoms with van der Waals surface area (Å²) in [4.78, 5) is 16.2. The monoisotopic (exact) mass is 243 g/mol. The van der Waals surface area contributed by atoms with Crippen LogP contribution >= 0.6 is 11.8 Å². The van der Waals surface area contributed by atoms with Gasteiger partial charge >= 0.3 is 0 Å². The first-order chi connectivity index (χ1) is 7.81. The first-order valence-electron chi connectivity index (χ1n) is 6.11. The highest BCUT2D eigenvalue weighted by atomic mass is 32.2. The van der Waals surface area contributed by atoms with Crippen LogP contribution in [-0.4, -0.2) is 66.0 Å². The molecule has 1 atom stereocenters. The summed E-state index contributed by atoms with van der Waals surface area (Å²) in [6.07, 6.45) is 1.82. The molecule has 1 amide bonds. The third-order valence-electron chi connectivity index (χ3n) is 3.45. The number of carbonyl (C=O) groups is 1. The van der Waals surface area contributed by atoms with E-state index < -0.39 is 0 Å². The smallest absolute Gasteiger partial charge is 0.223 e. The van der Waals surface area contributed by atoms with Crippen LogP contribution in [0, 0.1) is 0 Å². The number of rotatable bonds is 3. The summed E-state index contributed by atoms with van der Waals surface area (Å²) >= 11 is 2.05. The quantitative estimate of drug-likeness (QED) is 0.757. The van der Waals surface area contributed by atoms with Crippen LogP contribution in [0.15, 0.2) is 0 Å². The maximum absolute atomic E-state index is 11.6. The van der Waals surface area contributed by atoms with Gasteiger partial charge in [-0.05, 0) is 12.2 Å². The van der Waals surface area contributed by atoms with Gasteiger partial charge in [-0.2, -0.15) is 11.8 Å². The van der Waals surface area contributed by atoms with Gasteiger partial charge in [0.25, 0.3) is 0 Å². The van der Waals surface area contributed by atoms with Crippen molar-refractivity contribution in [2.75, 3.05) is 44.2 Å². The van der Waals surface area contributed by atoms with E-state index in [0.29, 0.717) is 13.0 Å². The zero-order valence-corrected chi connectivity index (χ0v) is 10.5. The van der Waals surface area contributed by atoms with E-state index in [9.17, 15) is 4.79 Å². The summed E-state index contributed by atoms with van der Waals surface area (Å²) in [6.45, 7) is 4.33. The Morgan fingerprint density at radius 3 is 2.62 bits per heavy atom. The van der Waals surface area contributed by atoms with E-state index in [-0.39, 0.29) is 5.91 Å². The average Bonchev–Trinajstić information content (AvgIpc) is 2.83. The molecule has 92 valence electrons. The molecule has 5 heteroatoms. The second-order valence-corrected chi connectivity index (χ2v) is 5.62. The van der Waals surface area contributed by atoms with Crippen molar-refractivity contribution in [1.29, 1.82) is 0 Å². The highest BCUT2D eigenvalue weighted by Gasteiger charge is 2.27. The van der Waals surface area contributed by atoms with Gasteiger partial charge in [0.1, 0.15) is 0 Å². The molecule has 4 nitrogen and oxygen atoms in total. The normalized spacial score (nSPS) is 27.3. The fraction of sp³-hybridized carbons (Fsp3) is 0.909. The molecular formula is C11H21N3OS. The third kappa shape index (κ3) is 2.90. The molecule has 0 spiro atoms. The lowest BCUT2D eigenvalue weighted by atomic mass is 10.2. The fourth-order valence-electron chi connectivity index (χ4n) is 2.43. The van der Waals surface area contributed by atoms with Crippen molar-refractivity contribution in [3.63, 3.8) is 0 Å². The molecule has 2 fully saturated rings. The van der Waals surface area contributed by atoms with Gasteiger partial charge in [-0.15, -0.1) is 0 Å². The molecule has 2 N–H and O–H groups in total. The minimum absolute atomic E-state index is 0.225. The first kappa shape index (κ1) is 12.2. The van der Waals surface area contributed by atoms with Crippen molar-refractivity contribution in [2.45, 2.75) is 18.9 Å². The topological polar surface area (TPSA) is 49.6 Å². The molecular weight excluding hydrogens is 222 g/mol. The molecule has 0 saturated carbocycles. The van der Waals surface area contributed by atoms with Crippen LogP contribution in [0.3, 0.4) is 0 Å². The lowest BCUT2D eigenvalue weighted by Gasteiger charge is -2.37. The van der Waals surface area contributed by atoms with Crippen molar-refractivity contribution in [3.8, 4) is 0 Å². The zero-order valence-electron chi connectivity index (χ0n) is 9.73. The summed E-state index contributed by atoms with van der Waals surface area (Å²) < 4.78 is 0. The average molecular weight is 243 g/mol. The summed E-state index contributed by atoms with van der Waals surface area (Å²) in [5.74, 6) is 2.80. The van der Waals surface area contributed by atoms with Crippen molar-refractivity contribution >= 4 is 17.7 Å². The minimum Gasteiger partial charge on any atom is -0.340 e. The van der Waals surface area contributed by atoms with Gasteiger partial charge in [-0.1, -0.05) is 0 Å². The van der Waals surface area contributed by atoms with Gasteiger partial charge in [0.15, 0.2) is 0 Å². The Kier molecular flexibility index (Phi) is 4.49. The molecule has 2 rings (SSSR count). The highest BCUT2D eigenvalue weighted by molar-refractivity contribution is 7.99. The molecule has 0 bridgehead atoms. The number of carbonyl (C=O) groups excluding carboxylic acids is 1. The molecule has 0 radical (unpaired) electrons. The number of hydrogen-bond donors (Lipinski definition) is 1.